The lowest BCUT2D eigenvalue weighted by Gasteiger charge is -2.26. The van der Waals surface area contributed by atoms with Crippen LogP contribution in [0.5, 0.6) is 5.75 Å². The van der Waals surface area contributed by atoms with E-state index in [1.165, 1.54) is 32.4 Å². The van der Waals surface area contributed by atoms with Gasteiger partial charge in [-0.15, -0.1) is 10.2 Å². The zero-order valence-electron chi connectivity index (χ0n) is 21.7. The minimum atomic E-state index is -0.0426. The molecule has 1 unspecified atom stereocenters. The second kappa shape index (κ2) is 10.7. The number of fused-ring (bicyclic) bond motifs is 1. The zero-order valence-corrected chi connectivity index (χ0v) is 21.7. The minimum Gasteiger partial charge on any atom is -0.489 e. The van der Waals surface area contributed by atoms with Crippen LogP contribution >= 0.6 is 0 Å². The monoisotopic (exact) mass is 509 g/mol. The van der Waals surface area contributed by atoms with Gasteiger partial charge < -0.3 is 4.74 Å². The van der Waals surface area contributed by atoms with E-state index in [1.807, 2.05) is 42.0 Å². The fourth-order valence-electron chi connectivity index (χ4n) is 4.89. The van der Waals surface area contributed by atoms with Crippen LogP contribution in [0.3, 0.4) is 0 Å². The van der Waals surface area contributed by atoms with Gasteiger partial charge in [-0.05, 0) is 49.7 Å². The number of hydrogen-bond acceptors (Lipinski definition) is 8. The Bertz CT molecular complexity index is 1520. The predicted octanol–water partition coefficient (Wildman–Crippen LogP) is 4.00. The third-order valence-corrected chi connectivity index (χ3v) is 7.07. The summed E-state index contributed by atoms with van der Waals surface area (Å²) in [5.74, 6) is 2.08. The van der Waals surface area contributed by atoms with Crippen molar-refractivity contribution in [2.45, 2.75) is 32.1 Å². The number of rotatable bonds is 8. The summed E-state index contributed by atoms with van der Waals surface area (Å²) in [7, 11) is 1.89. The lowest BCUT2D eigenvalue weighted by molar-refractivity contribution is 0.183. The molecule has 5 aromatic rings. The second-order valence-electron chi connectivity index (χ2n) is 9.79. The third kappa shape index (κ3) is 5.12. The maximum absolute atomic E-state index is 5.90. The molecule has 10 nitrogen and oxygen atoms in total. The molecule has 6 rings (SSSR count). The van der Waals surface area contributed by atoms with E-state index in [-0.39, 0.29) is 5.92 Å². The Kier molecular flexibility index (Phi) is 6.78. The van der Waals surface area contributed by atoms with Crippen LogP contribution in [-0.2, 0) is 7.05 Å². The number of nitrogens with zero attached hydrogens (tertiary/aromatic N) is 9. The van der Waals surface area contributed by atoms with Crippen LogP contribution in [0.25, 0.3) is 28.3 Å². The van der Waals surface area contributed by atoms with Crippen molar-refractivity contribution in [2.24, 2.45) is 7.05 Å². The van der Waals surface area contributed by atoms with E-state index in [0.29, 0.717) is 23.8 Å². The van der Waals surface area contributed by atoms with Crippen LogP contribution in [0.2, 0.25) is 0 Å². The molecule has 1 aliphatic heterocycles. The van der Waals surface area contributed by atoms with Crippen LogP contribution in [-0.4, -0.2) is 70.7 Å². The molecule has 0 radical (unpaired) electrons. The van der Waals surface area contributed by atoms with Gasteiger partial charge in [-0.2, -0.15) is 14.7 Å². The summed E-state index contributed by atoms with van der Waals surface area (Å²) >= 11 is 0. The summed E-state index contributed by atoms with van der Waals surface area (Å²) in [6.45, 7) is 6.03. The molecule has 194 valence electrons. The maximum atomic E-state index is 5.90. The van der Waals surface area contributed by atoms with E-state index in [2.05, 4.69) is 49.2 Å². The van der Waals surface area contributed by atoms with Crippen LogP contribution in [0.1, 0.15) is 43.5 Å². The largest absolute Gasteiger partial charge is 0.489 e. The molecule has 0 saturated carbocycles. The van der Waals surface area contributed by atoms with Crippen molar-refractivity contribution in [3.63, 3.8) is 0 Å². The Morgan fingerprint density at radius 3 is 2.58 bits per heavy atom. The van der Waals surface area contributed by atoms with Crippen LogP contribution in [0.15, 0.2) is 61.2 Å². The molecule has 1 fully saturated rings. The van der Waals surface area contributed by atoms with Gasteiger partial charge in [-0.3, -0.25) is 9.58 Å². The number of likely N-dealkylation sites (tertiary alicyclic amines) is 1. The molecule has 5 heterocycles. The van der Waals surface area contributed by atoms with E-state index in [9.17, 15) is 0 Å². The van der Waals surface area contributed by atoms with Gasteiger partial charge in [0.1, 0.15) is 6.61 Å². The first-order valence-electron chi connectivity index (χ1n) is 13.1. The smallest absolute Gasteiger partial charge is 0.177 e. The Morgan fingerprint density at radius 1 is 0.947 bits per heavy atom. The average Bonchev–Trinajstić information content (AvgIpc) is 3.59. The van der Waals surface area contributed by atoms with Crippen molar-refractivity contribution < 1.29 is 4.74 Å². The van der Waals surface area contributed by atoms with Gasteiger partial charge in [-0.1, -0.05) is 31.5 Å². The first-order chi connectivity index (χ1) is 18.6. The SMILES string of the molecule is CC(c1cccc(-c2ncc(OCCN3CCCCC3)cn2)c1)c1nnc2ccc(-c3cnn(C)c3)nn12. The lowest BCUT2D eigenvalue weighted by atomic mass is 9.98. The highest BCUT2D eigenvalue weighted by atomic mass is 16.5. The van der Waals surface area contributed by atoms with Crippen LogP contribution in [0.4, 0.5) is 0 Å². The van der Waals surface area contributed by atoms with E-state index in [4.69, 9.17) is 9.84 Å². The molecule has 1 saturated heterocycles. The second-order valence-corrected chi connectivity index (χ2v) is 9.79. The first-order valence-corrected chi connectivity index (χ1v) is 13.1. The van der Waals surface area contributed by atoms with Gasteiger partial charge >= 0.3 is 0 Å². The molecule has 0 aliphatic carbocycles. The molecule has 0 amide bonds. The van der Waals surface area contributed by atoms with E-state index < -0.39 is 0 Å². The molecular formula is C28H31N9O. The Balaban J connectivity index is 1.17. The normalized spacial score (nSPS) is 15.1. The molecular weight excluding hydrogens is 478 g/mol. The van der Waals surface area contributed by atoms with Crippen molar-refractivity contribution >= 4 is 5.65 Å². The van der Waals surface area contributed by atoms with Crippen molar-refractivity contribution in [3.05, 3.63) is 72.6 Å². The Morgan fingerprint density at radius 2 is 1.79 bits per heavy atom. The molecule has 4 aromatic heterocycles. The van der Waals surface area contributed by atoms with Crippen LogP contribution < -0.4 is 4.74 Å². The van der Waals surface area contributed by atoms with Gasteiger partial charge in [0.05, 0.1) is 24.3 Å². The van der Waals surface area contributed by atoms with Crippen molar-refractivity contribution in [1.29, 1.82) is 0 Å². The first kappa shape index (κ1) is 24.2. The Hall–Kier alpha value is -4.18. The van der Waals surface area contributed by atoms with E-state index in [1.54, 1.807) is 23.3 Å². The quantitative estimate of drug-likeness (QED) is 0.310. The summed E-state index contributed by atoms with van der Waals surface area (Å²) in [5, 5.41) is 17.9. The number of benzene rings is 1. The van der Waals surface area contributed by atoms with Crippen LogP contribution in [0, 0.1) is 0 Å². The minimum absolute atomic E-state index is 0.0426. The number of hydrogen-bond donors (Lipinski definition) is 0. The topological polar surface area (TPSA) is 99.1 Å². The molecule has 0 bridgehead atoms. The lowest BCUT2D eigenvalue weighted by Crippen LogP contribution is -2.33. The molecule has 0 spiro atoms. The Labute approximate surface area is 221 Å². The summed E-state index contributed by atoms with van der Waals surface area (Å²) in [4.78, 5) is 11.6. The van der Waals surface area contributed by atoms with E-state index in [0.717, 1.165) is 34.8 Å². The third-order valence-electron chi connectivity index (χ3n) is 7.07. The van der Waals surface area contributed by atoms with Crippen molar-refractivity contribution in [2.75, 3.05) is 26.2 Å². The summed E-state index contributed by atoms with van der Waals surface area (Å²) in [6.07, 6.45) is 11.2. The number of piperidine rings is 1. The van der Waals surface area contributed by atoms with Gasteiger partial charge in [0.25, 0.3) is 0 Å². The molecule has 1 atom stereocenters. The number of aryl methyl sites for hydroxylation is 1. The van der Waals surface area contributed by atoms with Gasteiger partial charge in [0.15, 0.2) is 23.0 Å². The number of aromatic nitrogens is 8. The molecule has 1 aromatic carbocycles. The predicted molar refractivity (Wildman–Crippen MR) is 144 cm³/mol. The summed E-state index contributed by atoms with van der Waals surface area (Å²) in [6, 6.07) is 12.1. The average molecular weight is 510 g/mol. The van der Waals surface area contributed by atoms with Crippen molar-refractivity contribution in [1.82, 2.24) is 44.5 Å². The summed E-state index contributed by atoms with van der Waals surface area (Å²) in [5.41, 5.74) is 4.48. The number of ether oxygens (including phenoxy) is 1. The van der Waals surface area contributed by atoms with Gasteiger partial charge in [0.2, 0.25) is 0 Å². The molecule has 1 aliphatic rings. The zero-order chi connectivity index (χ0) is 25.9. The standard InChI is InChI=1S/C28H31N9O/c1-20(28-33-32-26-10-9-25(34-37(26)28)23-16-31-35(2)19-23)21-7-6-8-22(15-21)27-29-17-24(18-30-27)38-14-13-36-11-4-3-5-12-36/h6-10,15-20H,3-5,11-14H2,1-2H3. The fourth-order valence-corrected chi connectivity index (χ4v) is 4.89. The highest BCUT2D eigenvalue weighted by molar-refractivity contribution is 5.59. The van der Waals surface area contributed by atoms with Gasteiger partial charge in [0, 0.05) is 36.8 Å². The maximum Gasteiger partial charge on any atom is 0.177 e. The highest BCUT2D eigenvalue weighted by Crippen LogP contribution is 2.27. The highest BCUT2D eigenvalue weighted by Gasteiger charge is 2.18. The fraction of sp³-hybridized carbons (Fsp3) is 0.357. The van der Waals surface area contributed by atoms with E-state index >= 15 is 0 Å². The molecule has 10 heteroatoms. The molecule has 38 heavy (non-hydrogen) atoms. The molecule has 0 N–H and O–H groups in total. The van der Waals surface area contributed by atoms with Gasteiger partial charge in [-0.25, -0.2) is 9.97 Å². The summed E-state index contributed by atoms with van der Waals surface area (Å²) < 4.78 is 9.47. The van der Waals surface area contributed by atoms with Crippen molar-refractivity contribution in [3.8, 4) is 28.4 Å².